The van der Waals surface area contributed by atoms with Crippen LogP contribution in [-0.2, 0) is 0 Å². The Hall–Kier alpha value is -1.91. The molecule has 0 radical (unpaired) electrons. The van der Waals surface area contributed by atoms with Crippen LogP contribution in [0.3, 0.4) is 0 Å². The summed E-state index contributed by atoms with van der Waals surface area (Å²) in [5.74, 6) is 0. The van der Waals surface area contributed by atoms with E-state index in [1.807, 2.05) is 36.1 Å². The Kier molecular flexibility index (Phi) is 3.67. The quantitative estimate of drug-likeness (QED) is 0.793. The number of para-hydroxylation sites is 1. The van der Waals surface area contributed by atoms with Crippen molar-refractivity contribution in [3.63, 3.8) is 0 Å². The number of hydrogen-bond donors (Lipinski definition) is 1. The monoisotopic (exact) mass is 283 g/mol. The predicted octanol–water partition coefficient (Wildman–Crippen LogP) is 3.55. The van der Waals surface area contributed by atoms with Crippen LogP contribution >= 0.6 is 11.3 Å². The smallest absolute Gasteiger partial charge is 0.0844 e. The Bertz CT molecular complexity index is 685. The maximum atomic E-state index is 4.71. The van der Waals surface area contributed by atoms with Gasteiger partial charge in [0.1, 0.15) is 0 Å². The van der Waals surface area contributed by atoms with E-state index in [9.17, 15) is 0 Å². The normalized spacial score (nSPS) is 12.5. The van der Waals surface area contributed by atoms with Gasteiger partial charge in [0.05, 0.1) is 17.4 Å². The van der Waals surface area contributed by atoms with E-state index in [0.29, 0.717) is 0 Å². The molecule has 0 aliphatic rings. The van der Waals surface area contributed by atoms with Gasteiger partial charge in [0.15, 0.2) is 0 Å². The van der Waals surface area contributed by atoms with Crippen LogP contribution in [0.2, 0.25) is 0 Å². The van der Waals surface area contributed by atoms with Crippen molar-refractivity contribution >= 4 is 11.3 Å². The summed E-state index contributed by atoms with van der Waals surface area (Å²) in [6.07, 6.45) is 2.01. The average Bonchev–Trinajstić information content (AvgIpc) is 3.12. The van der Waals surface area contributed by atoms with Crippen molar-refractivity contribution in [1.82, 2.24) is 15.1 Å². The predicted molar refractivity (Wildman–Crippen MR) is 83.5 cm³/mol. The lowest BCUT2D eigenvalue weighted by Crippen LogP contribution is -2.18. The molecule has 0 bridgehead atoms. The highest BCUT2D eigenvalue weighted by atomic mass is 32.1. The van der Waals surface area contributed by atoms with E-state index in [4.69, 9.17) is 5.10 Å². The number of nitrogens with one attached hydrogen (secondary N) is 1. The van der Waals surface area contributed by atoms with E-state index < -0.39 is 0 Å². The number of rotatable bonds is 4. The van der Waals surface area contributed by atoms with Gasteiger partial charge < -0.3 is 5.32 Å². The highest BCUT2D eigenvalue weighted by Gasteiger charge is 2.17. The first-order valence-electron chi connectivity index (χ1n) is 6.62. The largest absolute Gasteiger partial charge is 0.308 e. The van der Waals surface area contributed by atoms with Crippen molar-refractivity contribution in [1.29, 1.82) is 0 Å². The molecule has 1 unspecified atom stereocenters. The van der Waals surface area contributed by atoms with Crippen LogP contribution in [0.5, 0.6) is 0 Å². The molecule has 2 aromatic heterocycles. The summed E-state index contributed by atoms with van der Waals surface area (Å²) in [4.78, 5) is 1.33. The molecular formula is C16H17N3S. The van der Waals surface area contributed by atoms with Crippen molar-refractivity contribution in [2.24, 2.45) is 0 Å². The maximum absolute atomic E-state index is 4.71. The van der Waals surface area contributed by atoms with Crippen LogP contribution in [0.4, 0.5) is 0 Å². The lowest BCUT2D eigenvalue weighted by atomic mass is 10.1. The Morgan fingerprint density at radius 3 is 2.60 bits per heavy atom. The second kappa shape index (κ2) is 5.61. The summed E-state index contributed by atoms with van der Waals surface area (Å²) < 4.78 is 1.92. The molecule has 3 rings (SSSR count). The van der Waals surface area contributed by atoms with E-state index in [1.54, 1.807) is 11.3 Å². The molecule has 1 atom stereocenters. The summed E-state index contributed by atoms with van der Waals surface area (Å²) >= 11 is 1.77. The third kappa shape index (κ3) is 2.40. The van der Waals surface area contributed by atoms with Crippen molar-refractivity contribution in [2.45, 2.75) is 13.0 Å². The topological polar surface area (TPSA) is 29.9 Å². The van der Waals surface area contributed by atoms with Crippen LogP contribution in [0.1, 0.15) is 22.2 Å². The van der Waals surface area contributed by atoms with Crippen molar-refractivity contribution < 1.29 is 0 Å². The highest BCUT2D eigenvalue weighted by molar-refractivity contribution is 7.10. The zero-order valence-corrected chi connectivity index (χ0v) is 12.4. The van der Waals surface area contributed by atoms with Gasteiger partial charge in [-0.15, -0.1) is 11.3 Å². The van der Waals surface area contributed by atoms with E-state index >= 15 is 0 Å². The maximum Gasteiger partial charge on any atom is 0.0844 e. The number of thiophene rings is 1. The van der Waals surface area contributed by atoms with E-state index in [1.165, 1.54) is 10.4 Å². The third-order valence-corrected chi connectivity index (χ3v) is 4.29. The Labute approximate surface area is 122 Å². The minimum absolute atomic E-state index is 0.145. The first kappa shape index (κ1) is 13.1. The number of aryl methyl sites for hydroxylation is 1. The molecule has 3 nitrogen and oxygen atoms in total. The SMILES string of the molecule is CNC(c1ccn(-c2ccccc2)n1)c1ccsc1C. The van der Waals surface area contributed by atoms with Crippen LogP contribution in [0, 0.1) is 6.92 Å². The lowest BCUT2D eigenvalue weighted by Gasteiger charge is -2.13. The number of nitrogens with zero attached hydrogens (tertiary/aromatic N) is 2. The number of aromatic nitrogens is 2. The summed E-state index contributed by atoms with van der Waals surface area (Å²) in [5, 5.41) is 10.2. The minimum atomic E-state index is 0.145. The van der Waals surface area contributed by atoms with Gasteiger partial charge in [0.25, 0.3) is 0 Å². The summed E-state index contributed by atoms with van der Waals surface area (Å²) in [6.45, 7) is 2.15. The summed E-state index contributed by atoms with van der Waals surface area (Å²) in [6, 6.07) is 14.6. The van der Waals surface area contributed by atoms with Crippen molar-refractivity contribution in [3.8, 4) is 5.69 Å². The molecule has 102 valence electrons. The van der Waals surface area contributed by atoms with Crippen LogP contribution in [-0.4, -0.2) is 16.8 Å². The molecule has 0 aliphatic heterocycles. The van der Waals surface area contributed by atoms with Gasteiger partial charge in [-0.25, -0.2) is 4.68 Å². The van der Waals surface area contributed by atoms with Crippen LogP contribution in [0.25, 0.3) is 5.69 Å². The van der Waals surface area contributed by atoms with E-state index in [2.05, 4.69) is 41.9 Å². The van der Waals surface area contributed by atoms with Gasteiger partial charge in [0, 0.05) is 11.1 Å². The molecule has 0 fully saturated rings. The Morgan fingerprint density at radius 2 is 1.95 bits per heavy atom. The Balaban J connectivity index is 1.95. The van der Waals surface area contributed by atoms with Gasteiger partial charge in [0.2, 0.25) is 0 Å². The fourth-order valence-electron chi connectivity index (χ4n) is 2.37. The van der Waals surface area contributed by atoms with Crippen molar-refractivity contribution in [2.75, 3.05) is 7.05 Å². The molecule has 4 heteroatoms. The molecular weight excluding hydrogens is 266 g/mol. The zero-order valence-electron chi connectivity index (χ0n) is 11.6. The highest BCUT2D eigenvalue weighted by Crippen LogP contribution is 2.27. The first-order chi connectivity index (χ1) is 9.79. The molecule has 0 saturated heterocycles. The van der Waals surface area contributed by atoms with Gasteiger partial charge in [-0.3, -0.25) is 0 Å². The fraction of sp³-hybridized carbons (Fsp3) is 0.188. The molecule has 0 saturated carbocycles. The molecule has 0 spiro atoms. The molecule has 20 heavy (non-hydrogen) atoms. The third-order valence-electron chi connectivity index (χ3n) is 3.42. The molecule has 3 aromatic rings. The minimum Gasteiger partial charge on any atom is -0.308 e. The van der Waals surface area contributed by atoms with Gasteiger partial charge in [-0.1, -0.05) is 18.2 Å². The number of hydrogen-bond acceptors (Lipinski definition) is 3. The summed E-state index contributed by atoms with van der Waals surface area (Å²) in [5.41, 5.74) is 3.42. The number of benzene rings is 1. The van der Waals surface area contributed by atoms with E-state index in [0.717, 1.165) is 11.4 Å². The standard InChI is InChI=1S/C16H17N3S/c1-12-14(9-11-20-12)16(17-2)15-8-10-19(18-15)13-6-4-3-5-7-13/h3-11,16-17H,1-2H3. The van der Waals surface area contributed by atoms with Gasteiger partial charge in [-0.05, 0) is 49.2 Å². The summed E-state index contributed by atoms with van der Waals surface area (Å²) in [7, 11) is 1.98. The second-order valence-corrected chi connectivity index (χ2v) is 5.79. The molecule has 1 aromatic carbocycles. The van der Waals surface area contributed by atoms with Crippen molar-refractivity contribution in [3.05, 3.63) is 70.2 Å². The van der Waals surface area contributed by atoms with E-state index in [-0.39, 0.29) is 6.04 Å². The molecule has 1 N–H and O–H groups in total. The zero-order chi connectivity index (χ0) is 13.9. The fourth-order valence-corrected chi connectivity index (χ4v) is 3.11. The molecule has 0 aliphatic carbocycles. The first-order valence-corrected chi connectivity index (χ1v) is 7.50. The van der Waals surface area contributed by atoms with Crippen LogP contribution in [0.15, 0.2) is 54.0 Å². The lowest BCUT2D eigenvalue weighted by molar-refractivity contribution is 0.656. The average molecular weight is 283 g/mol. The van der Waals surface area contributed by atoms with Gasteiger partial charge in [-0.2, -0.15) is 5.10 Å². The van der Waals surface area contributed by atoms with Gasteiger partial charge >= 0.3 is 0 Å². The van der Waals surface area contributed by atoms with Crippen LogP contribution < -0.4 is 5.32 Å². The molecule has 2 heterocycles. The molecule has 0 amide bonds. The second-order valence-electron chi connectivity index (χ2n) is 4.67. The Morgan fingerprint density at radius 1 is 1.15 bits per heavy atom.